The first kappa shape index (κ1) is 20.5. The molecule has 162 valence electrons. The van der Waals surface area contributed by atoms with Crippen molar-refractivity contribution in [3.63, 3.8) is 0 Å². The zero-order valence-electron chi connectivity index (χ0n) is 17.7. The van der Waals surface area contributed by atoms with Crippen LogP contribution in [-0.4, -0.2) is 45.5 Å². The molecule has 0 atom stereocenters. The lowest BCUT2D eigenvalue weighted by molar-refractivity contribution is 0.0567. The van der Waals surface area contributed by atoms with Crippen molar-refractivity contribution in [2.75, 3.05) is 18.1 Å². The van der Waals surface area contributed by atoms with Gasteiger partial charge in [0.15, 0.2) is 5.75 Å². The minimum absolute atomic E-state index is 0.158. The van der Waals surface area contributed by atoms with Gasteiger partial charge in [-0.25, -0.2) is 14.1 Å². The number of aromatic carboxylic acids is 1. The van der Waals surface area contributed by atoms with E-state index in [1.165, 1.54) is 21.8 Å². The Labute approximate surface area is 178 Å². The second-order valence-electron chi connectivity index (χ2n) is 8.17. The van der Waals surface area contributed by atoms with E-state index in [0.717, 1.165) is 0 Å². The molecule has 1 amide bonds. The number of carbonyl (C=O) groups excluding carboxylic acids is 1. The summed E-state index contributed by atoms with van der Waals surface area (Å²) in [6, 6.07) is 6.82. The third-order valence-corrected chi connectivity index (χ3v) is 4.76. The molecule has 0 radical (unpaired) electrons. The van der Waals surface area contributed by atoms with E-state index in [2.05, 4.69) is 5.10 Å². The predicted octanol–water partition coefficient (Wildman–Crippen LogP) is 4.27. The molecule has 0 bridgehead atoms. The molecule has 9 nitrogen and oxygen atoms in total. The zero-order valence-corrected chi connectivity index (χ0v) is 17.7. The van der Waals surface area contributed by atoms with Gasteiger partial charge in [0, 0.05) is 18.3 Å². The van der Waals surface area contributed by atoms with E-state index in [1.807, 2.05) is 20.8 Å². The number of rotatable bonds is 3. The highest BCUT2D eigenvalue weighted by Gasteiger charge is 2.28. The number of fused-ring (bicyclic) bond motifs is 2. The molecular formula is C22H23N3O6. The largest absolute Gasteiger partial charge is 0.489 e. The molecule has 1 aliphatic rings. The number of amides is 1. The normalized spacial score (nSPS) is 13.5. The van der Waals surface area contributed by atoms with Crippen molar-refractivity contribution < 1.29 is 28.9 Å². The molecule has 0 fully saturated rings. The van der Waals surface area contributed by atoms with Gasteiger partial charge in [0.05, 0.1) is 24.0 Å². The van der Waals surface area contributed by atoms with Crippen molar-refractivity contribution in [2.45, 2.75) is 33.3 Å². The van der Waals surface area contributed by atoms with Crippen LogP contribution in [0.3, 0.4) is 0 Å². The Bertz CT molecular complexity index is 1180. The predicted molar refractivity (Wildman–Crippen MR) is 112 cm³/mol. The molecule has 0 unspecified atom stereocenters. The van der Waals surface area contributed by atoms with E-state index in [1.54, 1.807) is 31.2 Å². The van der Waals surface area contributed by atoms with Crippen LogP contribution >= 0.6 is 0 Å². The first-order valence-corrected chi connectivity index (χ1v) is 9.79. The highest BCUT2D eigenvalue weighted by atomic mass is 16.6. The summed E-state index contributed by atoms with van der Waals surface area (Å²) in [6.45, 7) is 7.87. The van der Waals surface area contributed by atoms with Crippen LogP contribution in [-0.2, 0) is 4.74 Å². The molecular weight excluding hydrogens is 402 g/mol. The summed E-state index contributed by atoms with van der Waals surface area (Å²) in [4.78, 5) is 25.5. The number of carboxylic acid groups (broad SMARTS) is 1. The van der Waals surface area contributed by atoms with Gasteiger partial charge in [-0.1, -0.05) is 0 Å². The standard InChI is InChI=1S/C22H23N3O6/c1-13-15(20(26)27)12-25-19(13)17(7-8-23-25)30-14-5-6-16-18(11-14)29-10-9-24(16)21(28)31-22(2,3)4/h5-8,11-12H,9-10H2,1-4H3,(H,26,27). The van der Waals surface area contributed by atoms with E-state index in [0.29, 0.717) is 47.2 Å². The van der Waals surface area contributed by atoms with Gasteiger partial charge in [-0.05, 0) is 45.4 Å². The Kier molecular flexibility index (Phi) is 4.96. The minimum Gasteiger partial charge on any atom is -0.489 e. The van der Waals surface area contributed by atoms with E-state index < -0.39 is 17.7 Å². The number of carbonyl (C=O) groups is 2. The van der Waals surface area contributed by atoms with Crippen molar-refractivity contribution >= 4 is 23.3 Å². The van der Waals surface area contributed by atoms with Crippen LogP contribution in [0.5, 0.6) is 17.2 Å². The number of aromatic nitrogens is 2. The fraction of sp³-hybridized carbons (Fsp3) is 0.318. The smallest absolute Gasteiger partial charge is 0.415 e. The first-order valence-electron chi connectivity index (χ1n) is 9.79. The summed E-state index contributed by atoms with van der Waals surface area (Å²) in [7, 11) is 0. The van der Waals surface area contributed by atoms with Crippen molar-refractivity contribution in [3.05, 3.63) is 47.8 Å². The molecule has 0 saturated carbocycles. The van der Waals surface area contributed by atoms with Crippen molar-refractivity contribution in [3.8, 4) is 17.2 Å². The fourth-order valence-corrected chi connectivity index (χ4v) is 3.42. The van der Waals surface area contributed by atoms with E-state index in [-0.39, 0.29) is 5.56 Å². The topological polar surface area (TPSA) is 103 Å². The van der Waals surface area contributed by atoms with Gasteiger partial charge >= 0.3 is 12.1 Å². The molecule has 3 heterocycles. The summed E-state index contributed by atoms with van der Waals surface area (Å²) in [6.07, 6.45) is 2.55. The molecule has 9 heteroatoms. The maximum atomic E-state index is 12.6. The average molecular weight is 425 g/mol. The zero-order chi connectivity index (χ0) is 22.3. The van der Waals surface area contributed by atoms with E-state index >= 15 is 0 Å². The lowest BCUT2D eigenvalue weighted by Crippen LogP contribution is -2.41. The number of ether oxygens (including phenoxy) is 3. The van der Waals surface area contributed by atoms with Gasteiger partial charge in [-0.3, -0.25) is 4.90 Å². The minimum atomic E-state index is -1.03. The van der Waals surface area contributed by atoms with Gasteiger partial charge in [-0.15, -0.1) is 0 Å². The number of benzene rings is 1. The summed E-state index contributed by atoms with van der Waals surface area (Å²) >= 11 is 0. The summed E-state index contributed by atoms with van der Waals surface area (Å²) < 4.78 is 18.7. The number of hydrogen-bond acceptors (Lipinski definition) is 6. The Balaban J connectivity index is 1.65. The summed E-state index contributed by atoms with van der Waals surface area (Å²) in [5, 5.41) is 13.5. The summed E-state index contributed by atoms with van der Waals surface area (Å²) in [5.41, 5.74) is 1.27. The third-order valence-electron chi connectivity index (χ3n) is 4.76. The lowest BCUT2D eigenvalue weighted by Gasteiger charge is -2.31. The Morgan fingerprint density at radius 3 is 2.71 bits per heavy atom. The van der Waals surface area contributed by atoms with Crippen LogP contribution < -0.4 is 14.4 Å². The average Bonchev–Trinajstić information content (AvgIpc) is 3.04. The molecule has 31 heavy (non-hydrogen) atoms. The maximum absolute atomic E-state index is 12.6. The molecule has 1 N–H and O–H groups in total. The number of aryl methyl sites for hydroxylation is 1. The van der Waals surface area contributed by atoms with Crippen molar-refractivity contribution in [2.24, 2.45) is 0 Å². The maximum Gasteiger partial charge on any atom is 0.415 e. The molecule has 0 spiro atoms. The van der Waals surface area contributed by atoms with Crippen LogP contribution in [0.15, 0.2) is 36.7 Å². The first-order chi connectivity index (χ1) is 14.6. The fourth-order valence-electron chi connectivity index (χ4n) is 3.42. The van der Waals surface area contributed by atoms with Crippen LogP contribution in [0.2, 0.25) is 0 Å². The van der Waals surface area contributed by atoms with Gasteiger partial charge in [0.1, 0.15) is 29.2 Å². The van der Waals surface area contributed by atoms with Crippen LogP contribution in [0, 0.1) is 6.92 Å². The third kappa shape index (κ3) is 3.98. The quantitative estimate of drug-likeness (QED) is 0.668. The van der Waals surface area contributed by atoms with Crippen LogP contribution in [0.4, 0.5) is 10.5 Å². The second-order valence-corrected chi connectivity index (χ2v) is 8.17. The molecule has 0 saturated heterocycles. The van der Waals surface area contributed by atoms with Crippen molar-refractivity contribution in [1.82, 2.24) is 9.61 Å². The molecule has 1 aromatic carbocycles. The Morgan fingerprint density at radius 2 is 2.00 bits per heavy atom. The molecule has 0 aliphatic carbocycles. The molecule has 1 aliphatic heterocycles. The molecule has 3 aromatic rings. The highest BCUT2D eigenvalue weighted by Crippen LogP contribution is 2.38. The lowest BCUT2D eigenvalue weighted by atomic mass is 10.2. The van der Waals surface area contributed by atoms with Crippen molar-refractivity contribution in [1.29, 1.82) is 0 Å². The van der Waals surface area contributed by atoms with Crippen LogP contribution in [0.1, 0.15) is 36.7 Å². The monoisotopic (exact) mass is 425 g/mol. The van der Waals surface area contributed by atoms with Gasteiger partial charge < -0.3 is 19.3 Å². The summed E-state index contributed by atoms with van der Waals surface area (Å²) in [5.74, 6) is 0.409. The number of carboxylic acids is 1. The second kappa shape index (κ2) is 7.50. The Morgan fingerprint density at radius 1 is 1.23 bits per heavy atom. The van der Waals surface area contributed by atoms with E-state index in [9.17, 15) is 14.7 Å². The number of anilines is 1. The van der Waals surface area contributed by atoms with Crippen LogP contribution in [0.25, 0.3) is 5.52 Å². The number of nitrogens with zero attached hydrogens (tertiary/aromatic N) is 3. The van der Waals surface area contributed by atoms with Gasteiger partial charge in [-0.2, -0.15) is 5.10 Å². The molecule has 4 rings (SSSR count). The van der Waals surface area contributed by atoms with E-state index in [4.69, 9.17) is 14.2 Å². The SMILES string of the molecule is Cc1c(C(=O)O)cn2nccc(Oc3ccc4c(c3)OCCN4C(=O)OC(C)(C)C)c12. The number of hydrogen-bond donors (Lipinski definition) is 1. The molecule has 2 aromatic heterocycles. The Hall–Kier alpha value is -3.75. The van der Waals surface area contributed by atoms with Gasteiger partial charge in [0.25, 0.3) is 0 Å². The van der Waals surface area contributed by atoms with Gasteiger partial charge in [0.2, 0.25) is 0 Å². The highest BCUT2D eigenvalue weighted by molar-refractivity contribution is 5.93.